The van der Waals surface area contributed by atoms with Gasteiger partial charge in [0.2, 0.25) is 10.9 Å². The molecule has 0 saturated carbocycles. The monoisotopic (exact) mass is 629 g/mol. The number of nitrogens with zero attached hydrogens (tertiary/aromatic N) is 3. The van der Waals surface area contributed by atoms with Gasteiger partial charge in [0.1, 0.15) is 0 Å². The fourth-order valence-corrected chi connectivity index (χ4v) is 5.58. The van der Waals surface area contributed by atoms with Crippen LogP contribution in [0.1, 0.15) is 31.8 Å². The van der Waals surface area contributed by atoms with Gasteiger partial charge in [0.25, 0.3) is 5.91 Å². The topological polar surface area (TPSA) is 90.3 Å². The van der Waals surface area contributed by atoms with E-state index in [4.69, 9.17) is 14.2 Å². The minimum atomic E-state index is -0.412. The largest absolute Gasteiger partial charge is 0.493 e. The van der Waals surface area contributed by atoms with Crippen LogP contribution in [-0.4, -0.2) is 44.2 Å². The summed E-state index contributed by atoms with van der Waals surface area (Å²) in [6.07, 6.45) is 1.53. The molecule has 0 aliphatic rings. The number of amides is 1. The number of anilines is 1. The van der Waals surface area contributed by atoms with Crippen molar-refractivity contribution in [2.45, 2.75) is 0 Å². The lowest BCUT2D eigenvalue weighted by atomic mass is 10.0. The molecule has 0 unspecified atom stereocenters. The number of rotatable bonds is 9. The zero-order valence-electron chi connectivity index (χ0n) is 22.3. The van der Waals surface area contributed by atoms with Crippen LogP contribution in [-0.2, 0) is 0 Å². The van der Waals surface area contributed by atoms with Crippen molar-refractivity contribution in [3.63, 3.8) is 0 Å². The number of halogens is 1. The number of fused-ring (bicyclic) bond motifs is 1. The molecule has 206 valence electrons. The van der Waals surface area contributed by atoms with E-state index in [0.717, 1.165) is 14.7 Å². The van der Waals surface area contributed by atoms with Crippen molar-refractivity contribution in [3.8, 4) is 17.2 Å². The second kappa shape index (κ2) is 12.3. The van der Waals surface area contributed by atoms with Gasteiger partial charge in [0.15, 0.2) is 17.3 Å². The first-order chi connectivity index (χ1) is 19.9. The standard InChI is InChI=1S/C31H24BrN3O5S/c1-38-25-15-19(16-26(39-2)29(25)40-3)18-33-35(31-34-24-14-13-23(32)17-27(24)41-31)30(37)22-11-9-21(10-12-22)28(36)20-7-5-4-6-8-20/h4-18H,1-3H3/b33-18+. The number of hydrogen-bond acceptors (Lipinski definition) is 8. The fraction of sp³-hybridized carbons (Fsp3) is 0.0968. The van der Waals surface area contributed by atoms with Crippen LogP contribution in [0.2, 0.25) is 0 Å². The number of ether oxygens (including phenoxy) is 3. The van der Waals surface area contributed by atoms with Crippen LogP contribution in [0.5, 0.6) is 17.2 Å². The maximum absolute atomic E-state index is 13.8. The lowest BCUT2D eigenvalue weighted by Gasteiger charge is -2.15. The Hall–Kier alpha value is -4.54. The molecule has 5 rings (SSSR count). The molecule has 0 atom stereocenters. The Morgan fingerprint density at radius 1 is 0.829 bits per heavy atom. The van der Waals surface area contributed by atoms with Crippen molar-refractivity contribution >= 4 is 60.5 Å². The van der Waals surface area contributed by atoms with Gasteiger partial charge in [-0.1, -0.05) is 69.7 Å². The van der Waals surface area contributed by atoms with Gasteiger partial charge in [-0.05, 0) is 42.5 Å². The maximum Gasteiger partial charge on any atom is 0.280 e. The molecule has 0 aliphatic carbocycles. The molecule has 8 nitrogen and oxygen atoms in total. The molecular formula is C31H24BrN3O5S. The molecule has 0 fully saturated rings. The van der Waals surface area contributed by atoms with E-state index in [-0.39, 0.29) is 5.78 Å². The molecular weight excluding hydrogens is 606 g/mol. The molecule has 10 heteroatoms. The van der Waals surface area contributed by atoms with Crippen molar-refractivity contribution in [1.29, 1.82) is 0 Å². The van der Waals surface area contributed by atoms with Gasteiger partial charge in [-0.15, -0.1) is 0 Å². The molecule has 0 bridgehead atoms. The SMILES string of the molecule is COc1cc(/C=N/N(C(=O)c2ccc(C(=O)c3ccccc3)cc2)c2nc3ccc(Br)cc3s2)cc(OC)c1OC. The van der Waals surface area contributed by atoms with E-state index in [9.17, 15) is 9.59 Å². The zero-order chi connectivity index (χ0) is 28.9. The smallest absolute Gasteiger partial charge is 0.280 e. The summed E-state index contributed by atoms with van der Waals surface area (Å²) in [6, 6.07) is 24.6. The predicted octanol–water partition coefficient (Wildman–Crippen LogP) is 7.00. The molecule has 1 amide bonds. The quantitative estimate of drug-likeness (QED) is 0.0991. The van der Waals surface area contributed by atoms with Gasteiger partial charge >= 0.3 is 0 Å². The van der Waals surface area contributed by atoms with Gasteiger partial charge in [-0.2, -0.15) is 10.1 Å². The van der Waals surface area contributed by atoms with Crippen molar-refractivity contribution < 1.29 is 23.8 Å². The Kier molecular flexibility index (Phi) is 8.42. The van der Waals surface area contributed by atoms with Crippen LogP contribution in [0.15, 0.2) is 94.5 Å². The highest BCUT2D eigenvalue weighted by Gasteiger charge is 2.22. The van der Waals surface area contributed by atoms with Crippen LogP contribution in [0, 0.1) is 0 Å². The summed E-state index contributed by atoms with van der Waals surface area (Å²) in [4.78, 5) is 31.3. The molecule has 0 aliphatic heterocycles. The predicted molar refractivity (Wildman–Crippen MR) is 164 cm³/mol. The third-order valence-corrected chi connectivity index (χ3v) is 7.64. The molecule has 1 aromatic heterocycles. The molecule has 0 saturated heterocycles. The number of benzene rings is 4. The van der Waals surface area contributed by atoms with Crippen molar-refractivity contribution in [3.05, 3.63) is 112 Å². The Morgan fingerprint density at radius 3 is 2.10 bits per heavy atom. The summed E-state index contributed by atoms with van der Waals surface area (Å²) in [5.74, 6) is 0.815. The molecule has 0 radical (unpaired) electrons. The summed E-state index contributed by atoms with van der Waals surface area (Å²) >= 11 is 4.82. The first-order valence-electron chi connectivity index (χ1n) is 12.4. The number of carbonyl (C=O) groups is 2. The molecule has 5 aromatic rings. The van der Waals surface area contributed by atoms with Crippen molar-refractivity contribution in [2.24, 2.45) is 5.10 Å². The third-order valence-electron chi connectivity index (χ3n) is 6.15. The number of hydrogen-bond donors (Lipinski definition) is 0. The number of thiazole rings is 1. The fourth-order valence-electron chi connectivity index (χ4n) is 4.11. The van der Waals surface area contributed by atoms with E-state index in [1.165, 1.54) is 43.9 Å². The second-order valence-electron chi connectivity index (χ2n) is 8.70. The molecule has 0 spiro atoms. The van der Waals surface area contributed by atoms with Crippen LogP contribution >= 0.6 is 27.3 Å². The lowest BCUT2D eigenvalue weighted by molar-refractivity contribution is 0.0985. The minimum Gasteiger partial charge on any atom is -0.493 e. The highest BCUT2D eigenvalue weighted by molar-refractivity contribution is 9.10. The van der Waals surface area contributed by atoms with E-state index >= 15 is 0 Å². The average molecular weight is 631 g/mol. The number of ketones is 1. The summed E-state index contributed by atoms with van der Waals surface area (Å²) in [5.41, 5.74) is 2.74. The van der Waals surface area contributed by atoms with E-state index in [2.05, 4.69) is 26.0 Å². The van der Waals surface area contributed by atoms with E-state index in [1.54, 1.807) is 48.5 Å². The number of hydrazone groups is 1. The maximum atomic E-state index is 13.8. The molecule has 1 heterocycles. The summed E-state index contributed by atoms with van der Waals surface area (Å²) < 4.78 is 18.1. The summed E-state index contributed by atoms with van der Waals surface area (Å²) in [6.45, 7) is 0. The van der Waals surface area contributed by atoms with Gasteiger partial charge in [0.05, 0.1) is 37.8 Å². The highest BCUT2D eigenvalue weighted by Crippen LogP contribution is 2.38. The zero-order valence-corrected chi connectivity index (χ0v) is 24.7. The Morgan fingerprint density at radius 2 is 1.46 bits per heavy atom. The molecule has 0 N–H and O–H groups in total. The Balaban J connectivity index is 1.52. The van der Waals surface area contributed by atoms with Crippen LogP contribution in [0.4, 0.5) is 5.13 Å². The summed E-state index contributed by atoms with van der Waals surface area (Å²) in [5, 5.41) is 6.18. The number of methoxy groups -OCH3 is 3. The number of carbonyl (C=O) groups excluding carboxylic acids is 2. The lowest BCUT2D eigenvalue weighted by Crippen LogP contribution is -2.25. The first kappa shape index (κ1) is 28.0. The Bertz CT molecular complexity index is 1730. The van der Waals surface area contributed by atoms with Gasteiger partial charge in [0, 0.05) is 26.7 Å². The third kappa shape index (κ3) is 5.98. The van der Waals surface area contributed by atoms with Crippen molar-refractivity contribution in [2.75, 3.05) is 26.3 Å². The Labute approximate surface area is 248 Å². The van der Waals surface area contributed by atoms with Gasteiger partial charge in [-0.3, -0.25) is 9.59 Å². The van der Waals surface area contributed by atoms with Crippen LogP contribution < -0.4 is 19.2 Å². The number of aromatic nitrogens is 1. The molecule has 41 heavy (non-hydrogen) atoms. The van der Waals surface area contributed by atoms with Gasteiger partial charge < -0.3 is 14.2 Å². The minimum absolute atomic E-state index is 0.126. The normalized spacial score (nSPS) is 11.0. The van der Waals surface area contributed by atoms with Gasteiger partial charge in [-0.25, -0.2) is 4.98 Å². The highest BCUT2D eigenvalue weighted by atomic mass is 79.9. The summed E-state index contributed by atoms with van der Waals surface area (Å²) in [7, 11) is 4.58. The van der Waals surface area contributed by atoms with Crippen LogP contribution in [0.3, 0.4) is 0 Å². The van der Waals surface area contributed by atoms with E-state index in [0.29, 0.717) is 44.6 Å². The molecule has 4 aromatic carbocycles. The average Bonchev–Trinajstić information content (AvgIpc) is 3.43. The van der Waals surface area contributed by atoms with Crippen LogP contribution in [0.25, 0.3) is 10.2 Å². The second-order valence-corrected chi connectivity index (χ2v) is 10.6. The van der Waals surface area contributed by atoms with E-state index < -0.39 is 5.91 Å². The van der Waals surface area contributed by atoms with E-state index in [1.807, 2.05) is 36.4 Å². The van der Waals surface area contributed by atoms with Crippen molar-refractivity contribution in [1.82, 2.24) is 4.98 Å². The first-order valence-corrected chi connectivity index (χ1v) is 14.0.